The first-order valence-corrected chi connectivity index (χ1v) is 6.23. The van der Waals surface area contributed by atoms with E-state index < -0.39 is 0 Å². The number of nitrogen functional groups attached to an aromatic ring is 1. The number of rotatable bonds is 3. The summed E-state index contributed by atoms with van der Waals surface area (Å²) in [5, 5.41) is 1.07. The summed E-state index contributed by atoms with van der Waals surface area (Å²) in [6, 6.07) is 15.1. The maximum absolute atomic E-state index is 5.99. The van der Waals surface area contributed by atoms with Crippen molar-refractivity contribution in [1.29, 1.82) is 0 Å². The molecule has 0 spiro atoms. The molecule has 1 heterocycles. The molecule has 3 aromatic rings. The van der Waals surface area contributed by atoms with Gasteiger partial charge in [-0.05, 0) is 30.3 Å². The standard InChI is InChI=1S/C16H14N2O2/c1-19-14-5-2-6-15(16(14)17)20-12-8-7-11-4-3-9-18-13(11)10-12/h2-10H,17H2,1H3. The minimum absolute atomic E-state index is 0.483. The summed E-state index contributed by atoms with van der Waals surface area (Å²) in [7, 11) is 1.58. The number of anilines is 1. The molecule has 0 fully saturated rings. The third-order valence-electron chi connectivity index (χ3n) is 3.05. The van der Waals surface area contributed by atoms with Gasteiger partial charge in [0.1, 0.15) is 17.2 Å². The van der Waals surface area contributed by atoms with E-state index in [1.807, 2.05) is 36.4 Å². The molecule has 0 aliphatic carbocycles. The molecule has 0 amide bonds. The first-order chi connectivity index (χ1) is 9.78. The quantitative estimate of drug-likeness (QED) is 0.736. The number of ether oxygens (including phenoxy) is 2. The average Bonchev–Trinajstić information content (AvgIpc) is 2.49. The highest BCUT2D eigenvalue weighted by molar-refractivity contribution is 5.79. The number of hydrogen-bond donors (Lipinski definition) is 1. The number of hydrogen-bond acceptors (Lipinski definition) is 4. The molecular formula is C16H14N2O2. The van der Waals surface area contributed by atoms with E-state index in [2.05, 4.69) is 4.98 Å². The van der Waals surface area contributed by atoms with Crippen LogP contribution in [0.25, 0.3) is 10.9 Å². The van der Waals surface area contributed by atoms with Gasteiger partial charge in [0, 0.05) is 17.6 Å². The largest absolute Gasteiger partial charge is 0.494 e. The molecular weight excluding hydrogens is 252 g/mol. The molecule has 0 saturated heterocycles. The Balaban J connectivity index is 1.97. The lowest BCUT2D eigenvalue weighted by atomic mass is 10.2. The smallest absolute Gasteiger partial charge is 0.154 e. The lowest BCUT2D eigenvalue weighted by Crippen LogP contribution is -1.96. The third-order valence-corrected chi connectivity index (χ3v) is 3.05. The summed E-state index contributed by atoms with van der Waals surface area (Å²) in [5.41, 5.74) is 7.35. The van der Waals surface area contributed by atoms with Crippen LogP contribution in [0, 0.1) is 0 Å². The van der Waals surface area contributed by atoms with Crippen LogP contribution >= 0.6 is 0 Å². The van der Waals surface area contributed by atoms with E-state index >= 15 is 0 Å². The normalized spacial score (nSPS) is 10.4. The summed E-state index contributed by atoms with van der Waals surface area (Å²) in [6.45, 7) is 0. The van der Waals surface area contributed by atoms with Gasteiger partial charge in [-0.3, -0.25) is 4.98 Å². The number of fused-ring (bicyclic) bond motifs is 1. The van der Waals surface area contributed by atoms with Crippen molar-refractivity contribution in [3.63, 3.8) is 0 Å². The van der Waals surface area contributed by atoms with Gasteiger partial charge in [0.15, 0.2) is 5.75 Å². The molecule has 4 nitrogen and oxygen atoms in total. The molecule has 3 rings (SSSR count). The first-order valence-electron chi connectivity index (χ1n) is 6.23. The first kappa shape index (κ1) is 12.3. The second-order valence-corrected chi connectivity index (χ2v) is 4.33. The molecule has 0 unspecified atom stereocenters. The van der Waals surface area contributed by atoms with Crippen molar-refractivity contribution in [2.75, 3.05) is 12.8 Å². The molecule has 0 bridgehead atoms. The molecule has 20 heavy (non-hydrogen) atoms. The zero-order chi connectivity index (χ0) is 13.9. The summed E-state index contributed by atoms with van der Waals surface area (Å²) in [5.74, 6) is 1.86. The fourth-order valence-electron chi connectivity index (χ4n) is 2.03. The maximum Gasteiger partial charge on any atom is 0.154 e. The molecule has 1 aromatic heterocycles. The highest BCUT2D eigenvalue weighted by atomic mass is 16.5. The molecule has 4 heteroatoms. The number of nitrogens with zero attached hydrogens (tertiary/aromatic N) is 1. The van der Waals surface area contributed by atoms with Crippen molar-refractivity contribution in [2.45, 2.75) is 0 Å². The van der Waals surface area contributed by atoms with Gasteiger partial charge in [0.05, 0.1) is 12.6 Å². The Morgan fingerprint density at radius 3 is 2.70 bits per heavy atom. The van der Waals surface area contributed by atoms with Crippen molar-refractivity contribution < 1.29 is 9.47 Å². The second-order valence-electron chi connectivity index (χ2n) is 4.33. The van der Waals surface area contributed by atoms with E-state index in [-0.39, 0.29) is 0 Å². The Morgan fingerprint density at radius 2 is 1.85 bits per heavy atom. The Labute approximate surface area is 116 Å². The van der Waals surface area contributed by atoms with E-state index in [1.165, 1.54) is 0 Å². The van der Waals surface area contributed by atoms with Crippen molar-refractivity contribution in [3.05, 3.63) is 54.7 Å². The molecule has 2 N–H and O–H groups in total. The number of pyridine rings is 1. The third kappa shape index (κ3) is 2.23. The van der Waals surface area contributed by atoms with E-state index in [9.17, 15) is 0 Å². The predicted octanol–water partition coefficient (Wildman–Crippen LogP) is 3.62. The van der Waals surface area contributed by atoms with Crippen molar-refractivity contribution in [3.8, 4) is 17.2 Å². The lowest BCUT2D eigenvalue weighted by Gasteiger charge is -2.11. The number of methoxy groups -OCH3 is 1. The maximum atomic E-state index is 5.99. The van der Waals surface area contributed by atoms with Crippen LogP contribution in [0.4, 0.5) is 5.69 Å². The Hall–Kier alpha value is -2.75. The number of benzene rings is 2. The van der Waals surface area contributed by atoms with Gasteiger partial charge in [0.2, 0.25) is 0 Å². The lowest BCUT2D eigenvalue weighted by molar-refractivity contribution is 0.412. The van der Waals surface area contributed by atoms with Crippen LogP contribution in [0.3, 0.4) is 0 Å². The van der Waals surface area contributed by atoms with E-state index in [4.69, 9.17) is 15.2 Å². The van der Waals surface area contributed by atoms with Crippen molar-refractivity contribution >= 4 is 16.6 Å². The van der Waals surface area contributed by atoms with Gasteiger partial charge in [-0.1, -0.05) is 12.1 Å². The number of para-hydroxylation sites is 1. The van der Waals surface area contributed by atoms with Gasteiger partial charge in [0.25, 0.3) is 0 Å². The topological polar surface area (TPSA) is 57.4 Å². The van der Waals surface area contributed by atoms with Gasteiger partial charge in [-0.15, -0.1) is 0 Å². The van der Waals surface area contributed by atoms with Crippen LogP contribution < -0.4 is 15.2 Å². The van der Waals surface area contributed by atoms with Crippen LogP contribution in [-0.4, -0.2) is 12.1 Å². The number of nitrogens with two attached hydrogens (primary N) is 1. The molecule has 0 atom stereocenters. The monoisotopic (exact) mass is 266 g/mol. The van der Waals surface area contributed by atoms with E-state index in [1.54, 1.807) is 25.4 Å². The van der Waals surface area contributed by atoms with Gasteiger partial charge in [-0.2, -0.15) is 0 Å². The van der Waals surface area contributed by atoms with Crippen LogP contribution in [0.5, 0.6) is 17.2 Å². The van der Waals surface area contributed by atoms with Crippen molar-refractivity contribution in [1.82, 2.24) is 4.98 Å². The summed E-state index contributed by atoms with van der Waals surface area (Å²) >= 11 is 0. The van der Waals surface area contributed by atoms with Crippen LogP contribution in [-0.2, 0) is 0 Å². The zero-order valence-corrected chi connectivity index (χ0v) is 11.0. The van der Waals surface area contributed by atoms with Crippen LogP contribution in [0.1, 0.15) is 0 Å². The Kier molecular flexibility index (Phi) is 3.13. The van der Waals surface area contributed by atoms with Gasteiger partial charge < -0.3 is 15.2 Å². The van der Waals surface area contributed by atoms with E-state index in [0.717, 1.165) is 10.9 Å². The van der Waals surface area contributed by atoms with Crippen LogP contribution in [0.2, 0.25) is 0 Å². The molecule has 2 aromatic carbocycles. The zero-order valence-electron chi connectivity index (χ0n) is 11.0. The minimum atomic E-state index is 0.483. The van der Waals surface area contributed by atoms with Gasteiger partial charge in [-0.25, -0.2) is 0 Å². The molecule has 100 valence electrons. The molecule has 0 aliphatic rings. The summed E-state index contributed by atoms with van der Waals surface area (Å²) in [4.78, 5) is 4.30. The highest BCUT2D eigenvalue weighted by Crippen LogP contribution is 2.34. The average molecular weight is 266 g/mol. The molecule has 0 aliphatic heterocycles. The summed E-state index contributed by atoms with van der Waals surface area (Å²) < 4.78 is 11.0. The van der Waals surface area contributed by atoms with Crippen LogP contribution in [0.15, 0.2) is 54.7 Å². The number of aromatic nitrogens is 1. The second kappa shape index (κ2) is 5.09. The van der Waals surface area contributed by atoms with Gasteiger partial charge >= 0.3 is 0 Å². The predicted molar refractivity (Wildman–Crippen MR) is 79.2 cm³/mol. The SMILES string of the molecule is COc1cccc(Oc2ccc3cccnc3c2)c1N. The Bertz CT molecular complexity index is 756. The summed E-state index contributed by atoms with van der Waals surface area (Å²) in [6.07, 6.45) is 1.76. The fraction of sp³-hybridized carbons (Fsp3) is 0.0625. The highest BCUT2D eigenvalue weighted by Gasteiger charge is 2.07. The molecule has 0 saturated carbocycles. The minimum Gasteiger partial charge on any atom is -0.494 e. The molecule has 0 radical (unpaired) electrons. The van der Waals surface area contributed by atoms with E-state index in [0.29, 0.717) is 22.9 Å². The van der Waals surface area contributed by atoms with Crippen molar-refractivity contribution in [2.24, 2.45) is 0 Å². The Morgan fingerprint density at radius 1 is 1.00 bits per heavy atom. The fourth-order valence-corrected chi connectivity index (χ4v) is 2.03.